The number of rotatable bonds is 6. The average Bonchev–Trinajstić information content (AvgIpc) is 3.32. The summed E-state index contributed by atoms with van der Waals surface area (Å²) in [5, 5.41) is 13.9. The van der Waals surface area contributed by atoms with Gasteiger partial charge in [0.25, 0.3) is 0 Å². The molecule has 1 amide bonds. The topological polar surface area (TPSA) is 71.3 Å². The van der Waals surface area contributed by atoms with Gasteiger partial charge in [-0.15, -0.1) is 0 Å². The summed E-state index contributed by atoms with van der Waals surface area (Å²) in [6, 6.07) is 10.2. The molecular formula is C27H28ClFN2O3. The molecular weight excluding hydrogens is 455 g/mol. The van der Waals surface area contributed by atoms with Gasteiger partial charge in [-0.1, -0.05) is 42.8 Å². The Morgan fingerprint density at radius 3 is 2.56 bits per heavy atom. The van der Waals surface area contributed by atoms with Gasteiger partial charge in [0.15, 0.2) is 0 Å². The third kappa shape index (κ3) is 4.09. The van der Waals surface area contributed by atoms with E-state index in [1.54, 1.807) is 4.57 Å². The molecule has 2 aromatic carbocycles. The van der Waals surface area contributed by atoms with Crippen molar-refractivity contribution in [1.82, 2.24) is 9.88 Å². The minimum absolute atomic E-state index is 0.0381. The number of carbonyl (C=O) groups excluding carboxylic acids is 1. The highest BCUT2D eigenvalue weighted by Gasteiger charge is 2.32. The Bertz CT molecular complexity index is 1260. The number of nitrogens with one attached hydrogen (secondary N) is 1. The molecule has 0 aliphatic heterocycles. The molecule has 2 aliphatic rings. The molecule has 0 radical (unpaired) electrons. The van der Waals surface area contributed by atoms with E-state index in [2.05, 4.69) is 17.4 Å². The van der Waals surface area contributed by atoms with Gasteiger partial charge in [0.05, 0.1) is 10.5 Å². The zero-order valence-electron chi connectivity index (χ0n) is 19.1. The molecule has 5 nitrogen and oxygen atoms in total. The molecule has 1 aromatic heterocycles. The van der Waals surface area contributed by atoms with Crippen LogP contribution in [0.25, 0.3) is 10.9 Å². The number of aliphatic carboxylic acids is 1. The normalized spacial score (nSPS) is 18.5. The summed E-state index contributed by atoms with van der Waals surface area (Å²) in [5.74, 6) is -1.04. The minimum atomic E-state index is -0.935. The predicted octanol–water partition coefficient (Wildman–Crippen LogP) is 5.25. The lowest BCUT2D eigenvalue weighted by atomic mass is 9.90. The first kappa shape index (κ1) is 22.9. The highest BCUT2D eigenvalue weighted by molar-refractivity contribution is 6.35. The Balaban J connectivity index is 1.37. The standard InChI is InChI=1S/C27H28ClFN2O3/c1-2-23(27(33)34)31-24-8-7-19(14-20(24)21-12-18(29)13-22(28)26(21)31)30-25(32)11-15-9-16-5-3-4-6-17(16)10-15/h3-6,12-13,15,19,23H,2,7-11,14H2,1H3,(H,30,32)(H,33,34). The van der Waals surface area contributed by atoms with E-state index < -0.39 is 17.8 Å². The van der Waals surface area contributed by atoms with Gasteiger partial charge < -0.3 is 15.0 Å². The van der Waals surface area contributed by atoms with Crippen molar-refractivity contribution in [3.05, 3.63) is 69.6 Å². The Morgan fingerprint density at radius 2 is 1.91 bits per heavy atom. The third-order valence-corrected chi connectivity index (χ3v) is 7.66. The first-order chi connectivity index (χ1) is 16.4. The number of hydrogen-bond acceptors (Lipinski definition) is 2. The number of amides is 1. The number of hydrogen-bond donors (Lipinski definition) is 2. The molecule has 34 heavy (non-hydrogen) atoms. The average molecular weight is 483 g/mol. The van der Waals surface area contributed by atoms with E-state index in [1.165, 1.54) is 23.3 Å². The first-order valence-corrected chi connectivity index (χ1v) is 12.3. The number of carboxylic acids is 1. The summed E-state index contributed by atoms with van der Waals surface area (Å²) in [6.45, 7) is 1.82. The van der Waals surface area contributed by atoms with Gasteiger partial charge >= 0.3 is 5.97 Å². The lowest BCUT2D eigenvalue weighted by Crippen LogP contribution is -2.40. The van der Waals surface area contributed by atoms with E-state index in [0.717, 1.165) is 24.1 Å². The second-order valence-corrected chi connectivity index (χ2v) is 10.0. The second-order valence-electron chi connectivity index (χ2n) is 9.60. The van der Waals surface area contributed by atoms with E-state index in [9.17, 15) is 19.1 Å². The largest absolute Gasteiger partial charge is 0.480 e. The third-order valence-electron chi connectivity index (χ3n) is 7.37. The zero-order valence-corrected chi connectivity index (χ0v) is 19.9. The van der Waals surface area contributed by atoms with Crippen LogP contribution in [0, 0.1) is 11.7 Å². The van der Waals surface area contributed by atoms with Gasteiger partial charge in [-0.25, -0.2) is 9.18 Å². The van der Waals surface area contributed by atoms with Crippen molar-refractivity contribution >= 4 is 34.4 Å². The Labute approximate surface area is 202 Å². The van der Waals surface area contributed by atoms with Gasteiger partial charge in [-0.2, -0.15) is 0 Å². The van der Waals surface area contributed by atoms with Gasteiger partial charge in [0, 0.05) is 23.5 Å². The molecule has 5 rings (SSSR count). The van der Waals surface area contributed by atoms with Gasteiger partial charge in [-0.3, -0.25) is 4.79 Å². The van der Waals surface area contributed by atoms with Crippen LogP contribution >= 0.6 is 11.6 Å². The van der Waals surface area contributed by atoms with Crippen LogP contribution in [0.3, 0.4) is 0 Å². The summed E-state index contributed by atoms with van der Waals surface area (Å²) in [6.07, 6.45) is 4.57. The summed E-state index contributed by atoms with van der Waals surface area (Å²) in [7, 11) is 0. The van der Waals surface area contributed by atoms with Crippen LogP contribution < -0.4 is 5.32 Å². The molecule has 2 N–H and O–H groups in total. The second kappa shape index (κ2) is 9.06. The minimum Gasteiger partial charge on any atom is -0.480 e. The van der Waals surface area contributed by atoms with Crippen LogP contribution in [0.1, 0.15) is 54.6 Å². The van der Waals surface area contributed by atoms with Crippen LogP contribution in [-0.4, -0.2) is 27.6 Å². The van der Waals surface area contributed by atoms with Crippen LogP contribution in [0.5, 0.6) is 0 Å². The van der Waals surface area contributed by atoms with E-state index >= 15 is 0 Å². The maximum atomic E-state index is 14.3. The maximum absolute atomic E-state index is 14.3. The van der Waals surface area contributed by atoms with Crippen molar-refractivity contribution in [3.8, 4) is 0 Å². The predicted molar refractivity (Wildman–Crippen MR) is 130 cm³/mol. The van der Waals surface area contributed by atoms with Crippen LogP contribution in [0.15, 0.2) is 36.4 Å². The number of nitrogens with zero attached hydrogens (tertiary/aromatic N) is 1. The molecule has 2 unspecified atom stereocenters. The molecule has 178 valence electrons. The Morgan fingerprint density at radius 1 is 1.21 bits per heavy atom. The number of carboxylic acid groups (broad SMARTS) is 1. The number of carbonyl (C=O) groups is 2. The summed E-state index contributed by atoms with van der Waals surface area (Å²) >= 11 is 6.42. The fourth-order valence-corrected chi connectivity index (χ4v) is 6.21. The molecule has 2 atom stereocenters. The number of halogens is 2. The van der Waals surface area contributed by atoms with Crippen molar-refractivity contribution in [2.75, 3.05) is 0 Å². The maximum Gasteiger partial charge on any atom is 0.326 e. The summed E-state index contributed by atoms with van der Waals surface area (Å²) in [4.78, 5) is 24.9. The first-order valence-electron chi connectivity index (χ1n) is 11.9. The Kier molecular flexibility index (Phi) is 6.11. The van der Waals surface area contributed by atoms with Crippen molar-refractivity contribution < 1.29 is 19.1 Å². The molecule has 2 aliphatic carbocycles. The lowest BCUT2D eigenvalue weighted by Gasteiger charge is -2.27. The lowest BCUT2D eigenvalue weighted by molar-refractivity contribution is -0.141. The van der Waals surface area contributed by atoms with Crippen molar-refractivity contribution in [2.45, 2.75) is 64.0 Å². The van der Waals surface area contributed by atoms with E-state index in [1.807, 2.05) is 19.1 Å². The van der Waals surface area contributed by atoms with Gasteiger partial charge in [0.1, 0.15) is 11.9 Å². The molecule has 3 aromatic rings. The van der Waals surface area contributed by atoms with Crippen molar-refractivity contribution in [1.29, 1.82) is 0 Å². The van der Waals surface area contributed by atoms with Gasteiger partial charge in [-0.05, 0) is 73.3 Å². The van der Waals surface area contributed by atoms with E-state index in [4.69, 9.17) is 11.6 Å². The van der Waals surface area contributed by atoms with Crippen molar-refractivity contribution in [3.63, 3.8) is 0 Å². The Hall–Kier alpha value is -2.86. The van der Waals surface area contributed by atoms with Crippen LogP contribution in [0.2, 0.25) is 5.02 Å². The fraction of sp³-hybridized carbons (Fsp3) is 0.407. The SMILES string of the molecule is CCC(C(=O)O)n1c2c(c3cc(F)cc(Cl)c31)CC(NC(=O)CC1Cc3ccccc3C1)CC2. The van der Waals surface area contributed by atoms with Crippen LogP contribution in [0.4, 0.5) is 4.39 Å². The summed E-state index contributed by atoms with van der Waals surface area (Å²) < 4.78 is 16.1. The molecule has 0 bridgehead atoms. The monoisotopic (exact) mass is 482 g/mol. The van der Waals surface area contributed by atoms with E-state index in [-0.39, 0.29) is 17.0 Å². The fourth-order valence-electron chi connectivity index (χ4n) is 5.91. The highest BCUT2D eigenvalue weighted by atomic mass is 35.5. The quantitative estimate of drug-likeness (QED) is 0.504. The van der Waals surface area contributed by atoms with E-state index in [0.29, 0.717) is 48.9 Å². The van der Waals surface area contributed by atoms with Crippen molar-refractivity contribution in [2.24, 2.45) is 5.92 Å². The number of fused-ring (bicyclic) bond motifs is 4. The number of benzene rings is 2. The molecule has 1 heterocycles. The highest BCUT2D eigenvalue weighted by Crippen LogP contribution is 2.39. The molecule has 7 heteroatoms. The molecule has 0 saturated carbocycles. The molecule has 0 fully saturated rings. The zero-order chi connectivity index (χ0) is 24.0. The summed E-state index contributed by atoms with van der Waals surface area (Å²) in [5.41, 5.74) is 5.00. The van der Waals surface area contributed by atoms with Crippen LogP contribution in [-0.2, 0) is 35.3 Å². The number of aromatic nitrogens is 1. The molecule has 0 saturated heterocycles. The smallest absolute Gasteiger partial charge is 0.326 e. The molecule has 0 spiro atoms. The van der Waals surface area contributed by atoms with Gasteiger partial charge in [0.2, 0.25) is 5.91 Å².